The first-order valence-electron chi connectivity index (χ1n) is 2.76. The Morgan fingerprint density at radius 1 is 1.67 bits per heavy atom. The normalized spacial score (nSPS) is 23.3. The van der Waals surface area contributed by atoms with Gasteiger partial charge in [0.25, 0.3) is 5.24 Å². The van der Waals surface area contributed by atoms with Gasteiger partial charge in [0, 0.05) is 0 Å². The summed E-state index contributed by atoms with van der Waals surface area (Å²) < 4.78 is 0.527. The Bertz CT molecular complexity index is 288. The van der Waals surface area contributed by atoms with E-state index in [4.69, 9.17) is 34.8 Å². The van der Waals surface area contributed by atoms with Crippen LogP contribution in [0.5, 0.6) is 0 Å². The van der Waals surface area contributed by atoms with E-state index in [1.807, 2.05) is 22.6 Å². The van der Waals surface area contributed by atoms with E-state index in [0.29, 0.717) is 3.84 Å². The third-order valence-corrected chi connectivity index (χ3v) is 2.50. The smallest absolute Gasteiger partial charge is 0.254 e. The van der Waals surface area contributed by atoms with Crippen LogP contribution in [0.2, 0.25) is 0 Å². The summed E-state index contributed by atoms with van der Waals surface area (Å²) in [4.78, 5) is 14.5. The van der Waals surface area contributed by atoms with Crippen molar-refractivity contribution in [1.82, 2.24) is 5.32 Å². The number of amidine groups is 1. The van der Waals surface area contributed by atoms with Gasteiger partial charge >= 0.3 is 0 Å². The Morgan fingerprint density at radius 3 is 2.67 bits per heavy atom. The highest BCUT2D eigenvalue weighted by Gasteiger charge is 2.25. The minimum Gasteiger partial charge on any atom is -0.345 e. The molecule has 0 bridgehead atoms. The van der Waals surface area contributed by atoms with Gasteiger partial charge in [0.2, 0.25) is 0 Å². The number of halogens is 4. The van der Waals surface area contributed by atoms with Gasteiger partial charge in [0.05, 0.1) is 5.57 Å². The lowest BCUT2D eigenvalue weighted by Crippen LogP contribution is -2.33. The maximum Gasteiger partial charge on any atom is 0.254 e. The molecule has 0 saturated carbocycles. The predicted octanol–water partition coefficient (Wildman–Crippen LogP) is 2.16. The van der Waals surface area contributed by atoms with Crippen LogP contribution in [0.1, 0.15) is 0 Å². The molecule has 0 aromatic rings. The first-order valence-corrected chi connectivity index (χ1v) is 5.03. The lowest BCUT2D eigenvalue weighted by molar-refractivity contribution is -0.108. The Morgan fingerprint density at radius 2 is 2.25 bits per heavy atom. The van der Waals surface area contributed by atoms with Gasteiger partial charge in [-0.2, -0.15) is 0 Å². The van der Waals surface area contributed by atoms with Crippen molar-refractivity contribution in [2.45, 2.75) is 5.50 Å². The largest absolute Gasteiger partial charge is 0.345 e. The molecule has 0 aliphatic carbocycles. The summed E-state index contributed by atoms with van der Waals surface area (Å²) in [6.07, 6.45) is 0. The fraction of sp³-hybridized carbons (Fsp3) is 0.200. The van der Waals surface area contributed by atoms with Crippen molar-refractivity contribution in [1.29, 1.82) is 0 Å². The van der Waals surface area contributed by atoms with Crippen LogP contribution in [-0.4, -0.2) is 14.6 Å². The van der Waals surface area contributed by atoms with Crippen molar-refractivity contribution in [3.63, 3.8) is 0 Å². The van der Waals surface area contributed by atoms with Crippen molar-refractivity contribution in [2.24, 2.45) is 4.99 Å². The van der Waals surface area contributed by atoms with E-state index >= 15 is 0 Å². The summed E-state index contributed by atoms with van der Waals surface area (Å²) in [5, 5.41) is 2.04. The van der Waals surface area contributed by atoms with Crippen LogP contribution in [-0.2, 0) is 4.79 Å². The van der Waals surface area contributed by atoms with E-state index in [-0.39, 0.29) is 10.7 Å². The summed E-state index contributed by atoms with van der Waals surface area (Å²) in [6.45, 7) is 0. The summed E-state index contributed by atoms with van der Waals surface area (Å²) in [5.41, 5.74) is -0.618. The average molecular weight is 339 g/mol. The van der Waals surface area contributed by atoms with Crippen LogP contribution in [0.4, 0.5) is 0 Å². The lowest BCUT2D eigenvalue weighted by Gasteiger charge is -2.17. The van der Waals surface area contributed by atoms with Gasteiger partial charge in [-0.05, 0) is 34.2 Å². The van der Waals surface area contributed by atoms with Gasteiger partial charge in [-0.1, -0.05) is 23.2 Å². The Hall–Kier alpha value is 0.480. The molecule has 0 amide bonds. The van der Waals surface area contributed by atoms with Crippen molar-refractivity contribution in [2.75, 3.05) is 0 Å². The van der Waals surface area contributed by atoms with Gasteiger partial charge in [0.1, 0.15) is 10.7 Å². The second-order valence-corrected chi connectivity index (χ2v) is 4.05. The molecule has 0 radical (unpaired) electrons. The number of aliphatic imine (C=N–C) groups is 1. The molecule has 66 valence electrons. The minimum absolute atomic E-state index is 0.0400. The number of alkyl halides is 1. The van der Waals surface area contributed by atoms with Gasteiger partial charge in [-0.3, -0.25) is 4.79 Å². The Labute approximate surface area is 97.3 Å². The summed E-state index contributed by atoms with van der Waals surface area (Å²) in [6, 6.07) is 0. The zero-order valence-corrected chi connectivity index (χ0v) is 9.87. The first kappa shape index (κ1) is 10.6. The predicted molar refractivity (Wildman–Crippen MR) is 58.0 cm³/mol. The molecule has 1 unspecified atom stereocenters. The molecule has 1 N–H and O–H groups in total. The molecule has 0 fully saturated rings. The number of carbonyl (C=O) groups excluding carboxylic acids is 1. The molecule has 12 heavy (non-hydrogen) atoms. The highest BCUT2D eigenvalue weighted by Crippen LogP contribution is 2.24. The molecule has 1 heterocycles. The van der Waals surface area contributed by atoms with Crippen molar-refractivity contribution in [3.8, 4) is 0 Å². The van der Waals surface area contributed by atoms with Crippen LogP contribution in [0.3, 0.4) is 0 Å². The maximum atomic E-state index is 10.8. The second-order valence-electron chi connectivity index (χ2n) is 1.89. The van der Waals surface area contributed by atoms with Gasteiger partial charge in [-0.15, -0.1) is 0 Å². The van der Waals surface area contributed by atoms with Crippen LogP contribution >= 0.6 is 57.4 Å². The summed E-state index contributed by atoms with van der Waals surface area (Å²) in [7, 11) is 0. The number of nitrogens with one attached hydrogen (secondary N) is 1. The van der Waals surface area contributed by atoms with Crippen LogP contribution < -0.4 is 5.32 Å². The molecule has 3 nitrogen and oxygen atoms in total. The zero-order chi connectivity index (χ0) is 9.30. The topological polar surface area (TPSA) is 41.5 Å². The summed E-state index contributed by atoms with van der Waals surface area (Å²) in [5.74, 6) is 0. The van der Waals surface area contributed by atoms with Gasteiger partial charge in [0.15, 0.2) is 3.84 Å². The fourth-order valence-electron chi connectivity index (χ4n) is 0.641. The Balaban J connectivity index is 3.08. The number of rotatable bonds is 1. The van der Waals surface area contributed by atoms with Crippen LogP contribution in [0, 0.1) is 0 Å². The first-order chi connectivity index (χ1) is 5.52. The molecular formula is C5H2Cl3IN2O. The van der Waals surface area contributed by atoms with E-state index in [0.717, 1.165) is 0 Å². The van der Waals surface area contributed by atoms with Crippen LogP contribution in [0.15, 0.2) is 15.7 Å². The van der Waals surface area contributed by atoms with E-state index in [1.54, 1.807) is 0 Å². The molecule has 7 heteroatoms. The van der Waals surface area contributed by atoms with E-state index in [1.165, 1.54) is 0 Å². The molecule has 1 aliphatic heterocycles. The molecule has 0 saturated heterocycles. The van der Waals surface area contributed by atoms with Crippen molar-refractivity contribution in [3.05, 3.63) is 10.7 Å². The van der Waals surface area contributed by atoms with Gasteiger partial charge in [-0.25, -0.2) is 4.99 Å². The van der Waals surface area contributed by atoms with E-state index < -0.39 is 10.7 Å². The highest BCUT2D eigenvalue weighted by atomic mass is 127. The average Bonchev–Trinajstić information content (AvgIpc) is 1.82. The van der Waals surface area contributed by atoms with Gasteiger partial charge < -0.3 is 5.32 Å². The minimum atomic E-state index is -0.702. The third kappa shape index (κ3) is 2.25. The standard InChI is InChI=1S/C5H2Cl3IN2O/c6-2-1(4(8)12)3(7)11-5(9)10-2/h2H,(H,10,11). The summed E-state index contributed by atoms with van der Waals surface area (Å²) >= 11 is 18.5. The number of hydrogen-bond donors (Lipinski definition) is 1. The van der Waals surface area contributed by atoms with E-state index in [2.05, 4.69) is 10.3 Å². The number of hydrogen-bond acceptors (Lipinski definition) is 3. The third-order valence-electron chi connectivity index (χ3n) is 1.13. The molecule has 1 rings (SSSR count). The SMILES string of the molecule is O=C(Cl)C1=C(Cl)N=C(I)NC1Cl. The van der Waals surface area contributed by atoms with E-state index in [9.17, 15) is 4.79 Å². The maximum absolute atomic E-state index is 10.8. The molecule has 1 aliphatic rings. The molecule has 1 atom stereocenters. The Kier molecular flexibility index (Phi) is 3.63. The fourth-order valence-corrected chi connectivity index (χ4v) is 2.46. The second kappa shape index (κ2) is 4.13. The lowest BCUT2D eigenvalue weighted by atomic mass is 10.3. The van der Waals surface area contributed by atoms with Crippen molar-refractivity contribution >= 4 is 66.5 Å². The quantitative estimate of drug-likeness (QED) is 0.344. The number of nitrogens with zero attached hydrogens (tertiary/aromatic N) is 1. The van der Waals surface area contributed by atoms with Crippen molar-refractivity contribution < 1.29 is 4.79 Å². The highest BCUT2D eigenvalue weighted by molar-refractivity contribution is 14.1. The van der Waals surface area contributed by atoms with Crippen LogP contribution in [0.25, 0.3) is 0 Å². The molecule has 0 spiro atoms. The molecular weight excluding hydrogens is 337 g/mol. The number of carbonyl (C=O) groups is 1. The molecule has 0 aromatic heterocycles. The molecule has 0 aromatic carbocycles. The zero-order valence-electron chi connectivity index (χ0n) is 5.44. The monoisotopic (exact) mass is 338 g/mol.